The van der Waals surface area contributed by atoms with Gasteiger partial charge in [0, 0.05) is 8.95 Å². The monoisotopic (exact) mass is 402 g/mol. The Hall–Kier alpha value is -0.880. The highest BCUT2D eigenvalue weighted by molar-refractivity contribution is 9.11. The van der Waals surface area contributed by atoms with Gasteiger partial charge in [0.25, 0.3) is 0 Å². The van der Waals surface area contributed by atoms with Crippen LogP contribution < -0.4 is 10.2 Å². The van der Waals surface area contributed by atoms with Gasteiger partial charge in [-0.05, 0) is 46.5 Å². The third-order valence-corrected chi connectivity index (χ3v) is 4.27. The summed E-state index contributed by atoms with van der Waals surface area (Å²) in [5, 5.41) is 2.77. The van der Waals surface area contributed by atoms with Gasteiger partial charge in [-0.25, -0.2) is 0 Å². The fourth-order valence-corrected chi connectivity index (χ4v) is 3.05. The molecule has 1 aromatic carbocycles. The number of hydrogen-bond acceptors (Lipinski definition) is 2. The molecule has 1 unspecified atom stereocenters. The van der Waals surface area contributed by atoms with E-state index in [1.165, 1.54) is 0 Å². The van der Waals surface area contributed by atoms with Crippen molar-refractivity contribution in [3.8, 4) is 0 Å². The number of nitrogens with zero attached hydrogens (tertiary/aromatic N) is 1. The van der Waals surface area contributed by atoms with Gasteiger partial charge in [-0.1, -0.05) is 29.8 Å². The summed E-state index contributed by atoms with van der Waals surface area (Å²) < 4.78 is 1.67. The van der Waals surface area contributed by atoms with Crippen LogP contribution in [0.3, 0.4) is 0 Å². The van der Waals surface area contributed by atoms with Gasteiger partial charge in [-0.2, -0.15) is 0 Å². The van der Waals surface area contributed by atoms with Gasteiger partial charge in [-0.15, -0.1) is 0 Å². The van der Waals surface area contributed by atoms with Crippen LogP contribution in [0.2, 0.25) is 0 Å². The summed E-state index contributed by atoms with van der Waals surface area (Å²) in [6.45, 7) is 4.13. The summed E-state index contributed by atoms with van der Waals surface area (Å²) >= 11 is 6.83. The Balaban J connectivity index is 2.32. The topological polar surface area (TPSA) is 49.4 Å². The molecule has 2 rings (SSSR count). The SMILES string of the molecule is CC(C)CC1NC(=O)CN(c2cc(Br)ccc2Br)C1=O. The summed E-state index contributed by atoms with van der Waals surface area (Å²) in [5.41, 5.74) is 0.716. The van der Waals surface area contributed by atoms with Crippen LogP contribution in [-0.2, 0) is 9.59 Å². The maximum atomic E-state index is 12.5. The van der Waals surface area contributed by atoms with Crippen LogP contribution >= 0.6 is 31.9 Å². The summed E-state index contributed by atoms with van der Waals surface area (Å²) in [6.07, 6.45) is 0.646. The van der Waals surface area contributed by atoms with Crippen molar-refractivity contribution < 1.29 is 9.59 Å². The molecule has 2 amide bonds. The fraction of sp³-hybridized carbons (Fsp3) is 0.429. The first-order valence-corrected chi connectivity index (χ1v) is 8.03. The van der Waals surface area contributed by atoms with E-state index in [4.69, 9.17) is 0 Å². The van der Waals surface area contributed by atoms with Gasteiger partial charge in [0.05, 0.1) is 5.69 Å². The predicted octanol–water partition coefficient (Wildman–Crippen LogP) is 3.09. The van der Waals surface area contributed by atoms with Crippen LogP contribution in [0.4, 0.5) is 5.69 Å². The van der Waals surface area contributed by atoms with Crippen molar-refractivity contribution in [2.75, 3.05) is 11.4 Å². The third kappa shape index (κ3) is 3.41. The summed E-state index contributed by atoms with van der Waals surface area (Å²) in [5.74, 6) is 0.161. The van der Waals surface area contributed by atoms with Gasteiger partial charge in [0.1, 0.15) is 12.6 Å². The first-order chi connectivity index (χ1) is 9.38. The van der Waals surface area contributed by atoms with Crippen molar-refractivity contribution in [1.82, 2.24) is 5.32 Å². The van der Waals surface area contributed by atoms with E-state index in [9.17, 15) is 9.59 Å². The molecule has 0 bridgehead atoms. The van der Waals surface area contributed by atoms with Crippen LogP contribution in [-0.4, -0.2) is 24.4 Å². The lowest BCUT2D eigenvalue weighted by molar-refractivity contribution is -0.131. The molecule has 6 heteroatoms. The average molecular weight is 404 g/mol. The highest BCUT2D eigenvalue weighted by atomic mass is 79.9. The molecule has 1 atom stereocenters. The molecular weight excluding hydrogens is 388 g/mol. The number of carbonyl (C=O) groups is 2. The lowest BCUT2D eigenvalue weighted by Crippen LogP contribution is -2.58. The molecule has 0 aromatic heterocycles. The lowest BCUT2D eigenvalue weighted by Gasteiger charge is -2.33. The van der Waals surface area contributed by atoms with Gasteiger partial charge >= 0.3 is 0 Å². The maximum absolute atomic E-state index is 12.5. The first-order valence-electron chi connectivity index (χ1n) is 6.44. The molecule has 1 aliphatic rings. The molecule has 1 saturated heterocycles. The lowest BCUT2D eigenvalue weighted by atomic mass is 10.0. The van der Waals surface area contributed by atoms with Crippen molar-refractivity contribution in [3.63, 3.8) is 0 Å². The minimum absolute atomic E-state index is 0.0580. The van der Waals surface area contributed by atoms with E-state index in [-0.39, 0.29) is 18.4 Å². The largest absolute Gasteiger partial charge is 0.343 e. The minimum Gasteiger partial charge on any atom is -0.343 e. The normalized spacial score (nSPS) is 19.4. The van der Waals surface area contributed by atoms with E-state index < -0.39 is 6.04 Å². The number of amides is 2. The molecule has 1 aliphatic heterocycles. The number of rotatable bonds is 3. The number of nitrogens with one attached hydrogen (secondary N) is 1. The van der Waals surface area contributed by atoms with Crippen molar-refractivity contribution in [2.24, 2.45) is 5.92 Å². The Morgan fingerprint density at radius 1 is 1.35 bits per heavy atom. The quantitative estimate of drug-likeness (QED) is 0.842. The number of benzene rings is 1. The second kappa shape index (κ2) is 6.26. The Bertz CT molecular complexity index is 546. The molecule has 0 saturated carbocycles. The zero-order valence-electron chi connectivity index (χ0n) is 11.3. The molecule has 1 N–H and O–H groups in total. The molecule has 1 fully saturated rings. The summed E-state index contributed by atoms with van der Waals surface area (Å²) in [4.78, 5) is 25.9. The molecule has 4 nitrogen and oxygen atoms in total. The van der Waals surface area contributed by atoms with E-state index in [2.05, 4.69) is 37.2 Å². The van der Waals surface area contributed by atoms with Gasteiger partial charge in [0.15, 0.2) is 0 Å². The summed E-state index contributed by atoms with van der Waals surface area (Å²) in [7, 11) is 0. The zero-order chi connectivity index (χ0) is 14.9. The number of halogens is 2. The molecular formula is C14H16Br2N2O2. The number of hydrogen-bond donors (Lipinski definition) is 1. The second-order valence-corrected chi connectivity index (χ2v) is 7.04. The molecule has 20 heavy (non-hydrogen) atoms. The van der Waals surface area contributed by atoms with Crippen LogP contribution in [0.1, 0.15) is 20.3 Å². The Labute approximate surface area is 135 Å². The van der Waals surface area contributed by atoms with Crippen LogP contribution in [0.5, 0.6) is 0 Å². The number of carbonyl (C=O) groups excluding carboxylic acids is 2. The van der Waals surface area contributed by atoms with Crippen molar-refractivity contribution in [3.05, 3.63) is 27.1 Å². The number of anilines is 1. The minimum atomic E-state index is -0.442. The number of piperazine rings is 1. The van der Waals surface area contributed by atoms with Crippen molar-refractivity contribution >= 4 is 49.4 Å². The summed E-state index contributed by atoms with van der Waals surface area (Å²) in [6, 6.07) is 5.14. The molecule has 0 radical (unpaired) electrons. The van der Waals surface area contributed by atoms with Crippen LogP contribution in [0, 0.1) is 5.92 Å². The Kier molecular flexibility index (Phi) is 4.86. The Morgan fingerprint density at radius 3 is 2.70 bits per heavy atom. The van der Waals surface area contributed by atoms with Gasteiger partial charge < -0.3 is 10.2 Å². The molecule has 1 heterocycles. The van der Waals surface area contributed by atoms with E-state index in [1.807, 2.05) is 32.0 Å². The maximum Gasteiger partial charge on any atom is 0.250 e. The molecule has 108 valence electrons. The second-order valence-electron chi connectivity index (χ2n) is 5.27. The van der Waals surface area contributed by atoms with E-state index in [0.29, 0.717) is 18.0 Å². The van der Waals surface area contributed by atoms with Crippen LogP contribution in [0.15, 0.2) is 27.1 Å². The van der Waals surface area contributed by atoms with Crippen molar-refractivity contribution in [1.29, 1.82) is 0 Å². The molecule has 0 spiro atoms. The smallest absolute Gasteiger partial charge is 0.250 e. The Morgan fingerprint density at radius 2 is 2.05 bits per heavy atom. The molecule has 0 aliphatic carbocycles. The van der Waals surface area contributed by atoms with Crippen LogP contribution in [0.25, 0.3) is 0 Å². The molecule has 1 aromatic rings. The fourth-order valence-electron chi connectivity index (χ4n) is 2.24. The van der Waals surface area contributed by atoms with Gasteiger partial charge in [-0.3, -0.25) is 9.59 Å². The first kappa shape index (κ1) is 15.5. The highest BCUT2D eigenvalue weighted by Gasteiger charge is 2.34. The zero-order valence-corrected chi connectivity index (χ0v) is 14.5. The van der Waals surface area contributed by atoms with Gasteiger partial charge in [0.2, 0.25) is 11.8 Å². The van der Waals surface area contributed by atoms with E-state index in [1.54, 1.807) is 4.90 Å². The van der Waals surface area contributed by atoms with Crippen molar-refractivity contribution in [2.45, 2.75) is 26.3 Å². The highest BCUT2D eigenvalue weighted by Crippen LogP contribution is 2.31. The van der Waals surface area contributed by atoms with E-state index in [0.717, 1.165) is 8.95 Å². The third-order valence-electron chi connectivity index (χ3n) is 3.11. The van der Waals surface area contributed by atoms with E-state index >= 15 is 0 Å². The predicted molar refractivity (Wildman–Crippen MR) is 85.6 cm³/mol. The average Bonchev–Trinajstić information content (AvgIpc) is 2.36. The standard InChI is InChI=1S/C14H16Br2N2O2/c1-8(2)5-11-14(20)18(7-13(19)17-11)12-6-9(15)3-4-10(12)16/h3-4,6,8,11H,5,7H2,1-2H3,(H,17,19).